The van der Waals surface area contributed by atoms with Crippen LogP contribution >= 0.6 is 34.5 Å². The Bertz CT molecular complexity index is 1130. The van der Waals surface area contributed by atoms with Gasteiger partial charge in [0.15, 0.2) is 0 Å². The molecule has 0 unspecified atom stereocenters. The first kappa shape index (κ1) is 15.2. The molecule has 1 N–H and O–H groups in total. The Morgan fingerprint density at radius 3 is 2.75 bits per heavy atom. The summed E-state index contributed by atoms with van der Waals surface area (Å²) in [6, 6.07) is 15.5. The first-order chi connectivity index (χ1) is 11.7. The summed E-state index contributed by atoms with van der Waals surface area (Å²) in [6.45, 7) is 0. The number of thiophene rings is 1. The second kappa shape index (κ2) is 5.95. The summed E-state index contributed by atoms with van der Waals surface area (Å²) in [7, 11) is 0. The molecule has 0 aliphatic heterocycles. The van der Waals surface area contributed by atoms with Crippen LogP contribution in [0.4, 0.5) is 11.4 Å². The number of nitriles is 1. The number of hydrogen-bond donors (Lipinski definition) is 1. The number of anilines is 2. The van der Waals surface area contributed by atoms with Gasteiger partial charge >= 0.3 is 0 Å². The van der Waals surface area contributed by atoms with Gasteiger partial charge in [0.05, 0.1) is 32.2 Å². The number of benzene rings is 2. The molecule has 2 aromatic heterocycles. The normalized spacial score (nSPS) is 10.9. The molecule has 2 heterocycles. The number of nitrogens with zero attached hydrogens (tertiary/aromatic N) is 2. The topological polar surface area (TPSA) is 48.7 Å². The maximum atomic E-state index is 9.46. The van der Waals surface area contributed by atoms with E-state index in [4.69, 9.17) is 23.2 Å². The highest BCUT2D eigenvalue weighted by Gasteiger charge is 2.15. The van der Waals surface area contributed by atoms with E-state index in [0.717, 1.165) is 20.3 Å². The quantitative estimate of drug-likeness (QED) is 0.446. The lowest BCUT2D eigenvalue weighted by atomic mass is 10.2. The van der Waals surface area contributed by atoms with Gasteiger partial charge in [-0.15, -0.1) is 11.3 Å². The maximum Gasteiger partial charge on any atom is 0.103 e. The summed E-state index contributed by atoms with van der Waals surface area (Å²) in [5.41, 5.74) is 2.76. The van der Waals surface area contributed by atoms with Crippen LogP contribution in [0.3, 0.4) is 0 Å². The number of rotatable bonds is 2. The average molecular weight is 370 g/mol. The van der Waals surface area contributed by atoms with E-state index < -0.39 is 0 Å². The standard InChI is InChI=1S/C18H9Cl2N3S/c19-11-5-6-14(13(20)7-11)23-16-10(8-21)9-22-17-12-3-1-2-4-15(12)24-18(16)17/h1-7,9H,(H,22,23). The van der Waals surface area contributed by atoms with Crippen molar-refractivity contribution in [3.05, 3.63) is 64.3 Å². The van der Waals surface area contributed by atoms with E-state index in [2.05, 4.69) is 16.4 Å². The minimum atomic E-state index is 0.472. The number of halogens is 2. The van der Waals surface area contributed by atoms with Crippen molar-refractivity contribution in [2.24, 2.45) is 0 Å². The minimum Gasteiger partial charge on any atom is -0.352 e. The first-order valence-corrected chi connectivity index (χ1v) is 8.67. The van der Waals surface area contributed by atoms with E-state index in [0.29, 0.717) is 27.0 Å². The van der Waals surface area contributed by atoms with Crippen molar-refractivity contribution in [3.63, 3.8) is 0 Å². The molecule has 2 aromatic carbocycles. The van der Waals surface area contributed by atoms with Crippen LogP contribution in [0.25, 0.3) is 20.3 Å². The zero-order valence-corrected chi connectivity index (χ0v) is 14.5. The van der Waals surface area contributed by atoms with E-state index >= 15 is 0 Å². The fourth-order valence-corrected chi connectivity index (χ4v) is 4.20. The van der Waals surface area contributed by atoms with Gasteiger partial charge < -0.3 is 5.32 Å². The van der Waals surface area contributed by atoms with Gasteiger partial charge in [0.2, 0.25) is 0 Å². The molecular formula is C18H9Cl2N3S. The molecule has 0 saturated heterocycles. The van der Waals surface area contributed by atoms with E-state index in [-0.39, 0.29) is 0 Å². The fraction of sp³-hybridized carbons (Fsp3) is 0. The molecule has 0 atom stereocenters. The van der Waals surface area contributed by atoms with Crippen molar-refractivity contribution >= 4 is 66.2 Å². The summed E-state index contributed by atoms with van der Waals surface area (Å²) in [6.07, 6.45) is 1.59. The Hall–Kier alpha value is -2.32. The molecule has 0 aliphatic carbocycles. The summed E-state index contributed by atoms with van der Waals surface area (Å²) in [4.78, 5) is 4.47. The Labute approximate surface area is 152 Å². The Morgan fingerprint density at radius 2 is 1.96 bits per heavy atom. The molecule has 0 saturated carbocycles. The largest absolute Gasteiger partial charge is 0.352 e. The molecule has 0 aliphatic rings. The van der Waals surface area contributed by atoms with Crippen LogP contribution < -0.4 is 5.32 Å². The van der Waals surface area contributed by atoms with Crippen molar-refractivity contribution in [2.75, 3.05) is 5.32 Å². The number of aromatic nitrogens is 1. The van der Waals surface area contributed by atoms with Crippen molar-refractivity contribution in [2.45, 2.75) is 0 Å². The molecule has 0 bridgehead atoms. The van der Waals surface area contributed by atoms with Crippen LogP contribution in [0.15, 0.2) is 48.7 Å². The molecule has 0 spiro atoms. The van der Waals surface area contributed by atoms with Gasteiger partial charge in [0.25, 0.3) is 0 Å². The Balaban J connectivity index is 1.97. The van der Waals surface area contributed by atoms with E-state index in [1.54, 1.807) is 35.7 Å². The molecular weight excluding hydrogens is 361 g/mol. The van der Waals surface area contributed by atoms with Gasteiger partial charge in [-0.25, -0.2) is 0 Å². The molecule has 0 fully saturated rings. The van der Waals surface area contributed by atoms with Gasteiger partial charge in [-0.2, -0.15) is 5.26 Å². The third kappa shape index (κ3) is 2.47. The second-order valence-corrected chi connectivity index (χ2v) is 7.08. The predicted octanol–water partition coefficient (Wildman–Crippen LogP) is 6.37. The molecule has 3 nitrogen and oxygen atoms in total. The van der Waals surface area contributed by atoms with Gasteiger partial charge in [-0.3, -0.25) is 4.98 Å². The van der Waals surface area contributed by atoms with Crippen LogP contribution in [-0.2, 0) is 0 Å². The lowest BCUT2D eigenvalue weighted by molar-refractivity contribution is 1.38. The van der Waals surface area contributed by atoms with Crippen molar-refractivity contribution in [1.82, 2.24) is 4.98 Å². The highest BCUT2D eigenvalue weighted by molar-refractivity contribution is 7.26. The number of fused-ring (bicyclic) bond motifs is 3. The summed E-state index contributed by atoms with van der Waals surface area (Å²) in [5.74, 6) is 0. The van der Waals surface area contributed by atoms with E-state index in [1.807, 2.05) is 24.3 Å². The van der Waals surface area contributed by atoms with Crippen molar-refractivity contribution in [1.29, 1.82) is 5.26 Å². The van der Waals surface area contributed by atoms with E-state index in [9.17, 15) is 5.26 Å². The van der Waals surface area contributed by atoms with Gasteiger partial charge in [0.1, 0.15) is 6.07 Å². The molecule has 4 aromatic rings. The predicted molar refractivity (Wildman–Crippen MR) is 102 cm³/mol. The van der Waals surface area contributed by atoms with Crippen LogP contribution in [0.1, 0.15) is 5.56 Å². The van der Waals surface area contributed by atoms with Gasteiger partial charge in [0, 0.05) is 21.3 Å². The molecule has 4 rings (SSSR count). The molecule has 24 heavy (non-hydrogen) atoms. The molecule has 6 heteroatoms. The first-order valence-electron chi connectivity index (χ1n) is 7.10. The van der Waals surface area contributed by atoms with Crippen molar-refractivity contribution in [3.8, 4) is 6.07 Å². The fourth-order valence-electron chi connectivity index (χ4n) is 2.58. The molecule has 116 valence electrons. The molecule has 0 radical (unpaired) electrons. The second-order valence-electron chi connectivity index (χ2n) is 5.18. The average Bonchev–Trinajstić information content (AvgIpc) is 2.96. The monoisotopic (exact) mass is 369 g/mol. The highest BCUT2D eigenvalue weighted by atomic mass is 35.5. The third-order valence-electron chi connectivity index (χ3n) is 3.70. The minimum absolute atomic E-state index is 0.472. The van der Waals surface area contributed by atoms with Gasteiger partial charge in [-0.05, 0) is 24.3 Å². The van der Waals surface area contributed by atoms with Crippen LogP contribution in [0.5, 0.6) is 0 Å². The summed E-state index contributed by atoms with van der Waals surface area (Å²) in [5, 5.41) is 14.9. The zero-order valence-electron chi connectivity index (χ0n) is 12.2. The SMILES string of the molecule is N#Cc1cnc2c(sc3ccccc32)c1Nc1ccc(Cl)cc1Cl. The highest BCUT2D eigenvalue weighted by Crippen LogP contribution is 2.40. The summed E-state index contributed by atoms with van der Waals surface area (Å²) >= 11 is 13.8. The lowest BCUT2D eigenvalue weighted by Crippen LogP contribution is -1.96. The Morgan fingerprint density at radius 1 is 1.12 bits per heavy atom. The van der Waals surface area contributed by atoms with Crippen LogP contribution in [0.2, 0.25) is 10.0 Å². The maximum absolute atomic E-state index is 9.46. The number of pyridine rings is 1. The lowest BCUT2D eigenvalue weighted by Gasteiger charge is -2.11. The Kier molecular flexibility index (Phi) is 3.78. The van der Waals surface area contributed by atoms with Crippen molar-refractivity contribution < 1.29 is 0 Å². The van der Waals surface area contributed by atoms with E-state index in [1.165, 1.54) is 0 Å². The smallest absolute Gasteiger partial charge is 0.103 e. The number of hydrogen-bond acceptors (Lipinski definition) is 4. The molecule has 0 amide bonds. The van der Waals surface area contributed by atoms with Crippen LogP contribution in [-0.4, -0.2) is 4.98 Å². The zero-order chi connectivity index (χ0) is 16.7. The number of nitrogens with one attached hydrogen (secondary N) is 1. The third-order valence-corrected chi connectivity index (χ3v) is 5.42. The summed E-state index contributed by atoms with van der Waals surface area (Å²) < 4.78 is 2.06. The van der Waals surface area contributed by atoms with Gasteiger partial charge in [-0.1, -0.05) is 41.4 Å². The van der Waals surface area contributed by atoms with Crippen LogP contribution in [0, 0.1) is 11.3 Å².